The minimum Gasteiger partial charge on any atom is -0.381 e. The van der Waals surface area contributed by atoms with Gasteiger partial charge in [0.2, 0.25) is 5.95 Å². The second-order valence-electron chi connectivity index (χ2n) is 5.19. The Morgan fingerprint density at radius 3 is 2.56 bits per heavy atom. The Kier molecular flexibility index (Phi) is 2.80. The molecule has 16 heavy (non-hydrogen) atoms. The average Bonchev–Trinajstić information content (AvgIpc) is 2.68. The molecule has 88 valence electrons. The van der Waals surface area contributed by atoms with Crippen molar-refractivity contribution in [1.82, 2.24) is 15.0 Å². The van der Waals surface area contributed by atoms with Gasteiger partial charge in [-0.1, -0.05) is 20.8 Å². The highest BCUT2D eigenvalue weighted by molar-refractivity contribution is 5.20. The maximum atomic E-state index is 5.72. The number of rotatable bonds is 1. The van der Waals surface area contributed by atoms with Crippen LogP contribution in [0.1, 0.15) is 44.8 Å². The van der Waals surface area contributed by atoms with Gasteiger partial charge < -0.3 is 10.5 Å². The van der Waals surface area contributed by atoms with Gasteiger partial charge >= 0.3 is 0 Å². The number of nitrogens with two attached hydrogens (primary N) is 1. The van der Waals surface area contributed by atoms with Crippen LogP contribution in [0.4, 0.5) is 5.95 Å². The molecule has 2 rings (SSSR count). The fourth-order valence-corrected chi connectivity index (χ4v) is 1.67. The normalized spacial score (nSPS) is 21.3. The van der Waals surface area contributed by atoms with Gasteiger partial charge in [0, 0.05) is 17.9 Å². The molecule has 1 aliphatic rings. The van der Waals surface area contributed by atoms with Crippen molar-refractivity contribution in [3.8, 4) is 0 Å². The lowest BCUT2D eigenvalue weighted by Gasteiger charge is -2.18. The summed E-state index contributed by atoms with van der Waals surface area (Å²) < 4.78 is 5.34. The minimum absolute atomic E-state index is 0.106. The van der Waals surface area contributed by atoms with E-state index in [4.69, 9.17) is 10.5 Å². The lowest BCUT2D eigenvalue weighted by Crippen LogP contribution is -2.20. The van der Waals surface area contributed by atoms with Gasteiger partial charge in [-0.15, -0.1) is 0 Å². The monoisotopic (exact) mass is 222 g/mol. The van der Waals surface area contributed by atoms with Crippen molar-refractivity contribution < 1.29 is 4.74 Å². The molecule has 1 aromatic heterocycles. The third-order valence-electron chi connectivity index (χ3n) is 2.64. The lowest BCUT2D eigenvalue weighted by molar-refractivity contribution is 0.193. The van der Waals surface area contributed by atoms with E-state index in [0.717, 1.165) is 24.7 Å². The Hall–Kier alpha value is -1.23. The lowest BCUT2D eigenvalue weighted by atomic mass is 9.95. The third kappa shape index (κ3) is 2.29. The van der Waals surface area contributed by atoms with Crippen LogP contribution in [0, 0.1) is 0 Å². The van der Waals surface area contributed by atoms with E-state index >= 15 is 0 Å². The number of hydrogen-bond acceptors (Lipinski definition) is 5. The predicted octanol–water partition coefficient (Wildman–Crippen LogP) is 1.26. The first-order valence-electron chi connectivity index (χ1n) is 5.56. The van der Waals surface area contributed by atoms with Gasteiger partial charge in [-0.3, -0.25) is 0 Å². The fourth-order valence-electron chi connectivity index (χ4n) is 1.67. The Labute approximate surface area is 95.5 Å². The molecule has 5 nitrogen and oxygen atoms in total. The smallest absolute Gasteiger partial charge is 0.223 e. The maximum absolute atomic E-state index is 5.72. The molecule has 2 heterocycles. The molecule has 1 fully saturated rings. The van der Waals surface area contributed by atoms with E-state index in [1.807, 2.05) is 0 Å². The van der Waals surface area contributed by atoms with Crippen LogP contribution in [-0.4, -0.2) is 28.2 Å². The summed E-state index contributed by atoms with van der Waals surface area (Å²) in [6.45, 7) is 7.66. The molecule has 2 N–H and O–H groups in total. The predicted molar refractivity (Wildman–Crippen MR) is 61.1 cm³/mol. The van der Waals surface area contributed by atoms with Crippen LogP contribution in [0.25, 0.3) is 0 Å². The van der Waals surface area contributed by atoms with Gasteiger partial charge in [0.25, 0.3) is 0 Å². The van der Waals surface area contributed by atoms with Crippen molar-refractivity contribution >= 4 is 5.95 Å². The van der Waals surface area contributed by atoms with Crippen LogP contribution >= 0.6 is 0 Å². The zero-order valence-corrected chi connectivity index (χ0v) is 10.0. The summed E-state index contributed by atoms with van der Waals surface area (Å²) >= 11 is 0. The Morgan fingerprint density at radius 1 is 1.25 bits per heavy atom. The molecule has 1 saturated heterocycles. The summed E-state index contributed by atoms with van der Waals surface area (Å²) in [7, 11) is 0. The highest BCUT2D eigenvalue weighted by Crippen LogP contribution is 2.25. The largest absolute Gasteiger partial charge is 0.381 e. The van der Waals surface area contributed by atoms with Crippen molar-refractivity contribution in [2.75, 3.05) is 18.9 Å². The van der Waals surface area contributed by atoms with Crippen LogP contribution in [0.2, 0.25) is 0 Å². The molecule has 1 atom stereocenters. The first-order valence-corrected chi connectivity index (χ1v) is 5.56. The van der Waals surface area contributed by atoms with Gasteiger partial charge in [-0.25, -0.2) is 4.98 Å². The zero-order valence-electron chi connectivity index (χ0n) is 10.0. The first kappa shape index (κ1) is 11.3. The second kappa shape index (κ2) is 3.97. The molecule has 0 spiro atoms. The maximum Gasteiger partial charge on any atom is 0.223 e. The number of ether oxygens (including phenoxy) is 1. The molecule has 1 aromatic rings. The highest BCUT2D eigenvalue weighted by Gasteiger charge is 2.25. The number of aromatic nitrogens is 3. The molecule has 1 unspecified atom stereocenters. The molecule has 0 aliphatic carbocycles. The topological polar surface area (TPSA) is 73.9 Å². The number of hydrogen-bond donors (Lipinski definition) is 1. The van der Waals surface area contributed by atoms with Gasteiger partial charge in [0.05, 0.1) is 6.61 Å². The molecule has 0 bridgehead atoms. The van der Waals surface area contributed by atoms with Gasteiger partial charge in [-0.2, -0.15) is 9.97 Å². The first-order chi connectivity index (χ1) is 7.47. The molecule has 5 heteroatoms. The van der Waals surface area contributed by atoms with Crippen molar-refractivity contribution in [3.63, 3.8) is 0 Å². The Bertz CT molecular complexity index is 380. The number of nitrogens with zero attached hydrogens (tertiary/aromatic N) is 3. The summed E-state index contributed by atoms with van der Waals surface area (Å²) in [4.78, 5) is 12.9. The summed E-state index contributed by atoms with van der Waals surface area (Å²) in [5.74, 6) is 2.10. The van der Waals surface area contributed by atoms with Gasteiger partial charge in [-0.05, 0) is 6.42 Å². The molecular weight excluding hydrogens is 204 g/mol. The summed E-state index contributed by atoms with van der Waals surface area (Å²) in [6.07, 6.45) is 0.965. The number of nitrogen functional groups attached to an aromatic ring is 1. The third-order valence-corrected chi connectivity index (χ3v) is 2.64. The van der Waals surface area contributed by atoms with E-state index in [9.17, 15) is 0 Å². The molecule has 0 aromatic carbocycles. The second-order valence-corrected chi connectivity index (χ2v) is 5.19. The zero-order chi connectivity index (χ0) is 11.8. The summed E-state index contributed by atoms with van der Waals surface area (Å²) in [5.41, 5.74) is 5.61. The summed E-state index contributed by atoms with van der Waals surface area (Å²) in [5, 5.41) is 0. The quantitative estimate of drug-likeness (QED) is 0.774. The van der Waals surface area contributed by atoms with Crippen LogP contribution in [0.15, 0.2) is 0 Å². The van der Waals surface area contributed by atoms with Crippen molar-refractivity contribution in [2.24, 2.45) is 0 Å². The van der Waals surface area contributed by atoms with E-state index in [2.05, 4.69) is 35.7 Å². The summed E-state index contributed by atoms with van der Waals surface area (Å²) in [6, 6.07) is 0. The van der Waals surface area contributed by atoms with Crippen molar-refractivity contribution in [3.05, 3.63) is 11.6 Å². The van der Waals surface area contributed by atoms with Crippen LogP contribution in [0.5, 0.6) is 0 Å². The molecule has 1 aliphatic heterocycles. The van der Waals surface area contributed by atoms with Crippen molar-refractivity contribution in [1.29, 1.82) is 0 Å². The Balaban J connectivity index is 2.35. The van der Waals surface area contributed by atoms with Gasteiger partial charge in [0.15, 0.2) is 0 Å². The molecular formula is C11H18N4O. The van der Waals surface area contributed by atoms with E-state index < -0.39 is 0 Å². The van der Waals surface area contributed by atoms with E-state index in [0.29, 0.717) is 12.6 Å². The van der Waals surface area contributed by atoms with Crippen molar-refractivity contribution in [2.45, 2.75) is 38.5 Å². The van der Waals surface area contributed by atoms with Crippen LogP contribution < -0.4 is 5.73 Å². The minimum atomic E-state index is -0.106. The fraction of sp³-hybridized carbons (Fsp3) is 0.727. The standard InChI is InChI=1S/C11H18N4O/c1-11(2,3)9-13-8(14-10(12)15-9)7-4-5-16-6-7/h7H,4-6H2,1-3H3,(H2,12,13,14,15). The van der Waals surface area contributed by atoms with E-state index in [1.165, 1.54) is 0 Å². The Morgan fingerprint density at radius 2 is 2.00 bits per heavy atom. The van der Waals surface area contributed by atoms with Crippen LogP contribution in [0.3, 0.4) is 0 Å². The highest BCUT2D eigenvalue weighted by atomic mass is 16.5. The van der Waals surface area contributed by atoms with Gasteiger partial charge in [0.1, 0.15) is 11.6 Å². The number of anilines is 1. The van der Waals surface area contributed by atoms with Crippen LogP contribution in [-0.2, 0) is 10.2 Å². The molecule has 0 radical (unpaired) electrons. The van der Waals surface area contributed by atoms with E-state index in [1.54, 1.807) is 0 Å². The average molecular weight is 222 g/mol. The van der Waals surface area contributed by atoms with E-state index in [-0.39, 0.29) is 11.3 Å². The SMILES string of the molecule is CC(C)(C)c1nc(N)nc(C2CCOC2)n1. The molecule has 0 saturated carbocycles. The molecule has 0 amide bonds.